The van der Waals surface area contributed by atoms with Gasteiger partial charge in [-0.15, -0.1) is 0 Å². The zero-order valence-corrected chi connectivity index (χ0v) is 10.5. The first kappa shape index (κ1) is 13.4. The number of aromatic nitrogens is 2. The van der Waals surface area contributed by atoms with Crippen molar-refractivity contribution < 1.29 is 19.4 Å². The summed E-state index contributed by atoms with van der Waals surface area (Å²) >= 11 is 0. The number of nitrogens with one attached hydrogen (secondary N) is 3. The second kappa shape index (κ2) is 5.74. The van der Waals surface area contributed by atoms with Crippen molar-refractivity contribution in [3.63, 3.8) is 0 Å². The molecule has 0 radical (unpaired) electrons. The van der Waals surface area contributed by atoms with Crippen molar-refractivity contribution in [2.75, 3.05) is 17.7 Å². The summed E-state index contributed by atoms with van der Waals surface area (Å²) in [5, 5.41) is 19.6. The number of H-pyrrole nitrogens is 1. The van der Waals surface area contributed by atoms with E-state index in [9.17, 15) is 9.59 Å². The molecular formula is C12H12N4O4. The fourth-order valence-electron chi connectivity index (χ4n) is 1.45. The molecule has 0 aliphatic heterocycles. The first-order valence-corrected chi connectivity index (χ1v) is 5.59. The number of carboxylic acid groups (broad SMARTS) is 1. The van der Waals surface area contributed by atoms with Gasteiger partial charge in [-0.25, -0.2) is 9.59 Å². The molecule has 1 aromatic heterocycles. The number of aromatic carboxylic acids is 1. The molecule has 2 rings (SSSR count). The zero-order valence-electron chi connectivity index (χ0n) is 10.5. The molecule has 0 spiro atoms. The maximum absolute atomic E-state index is 11.7. The second-order valence-corrected chi connectivity index (χ2v) is 3.78. The largest absolute Gasteiger partial charge is 0.497 e. The van der Waals surface area contributed by atoms with Crippen molar-refractivity contribution >= 4 is 23.5 Å². The Kier molecular flexibility index (Phi) is 3.85. The molecule has 2 amide bonds. The van der Waals surface area contributed by atoms with Crippen molar-refractivity contribution in [2.45, 2.75) is 0 Å². The first-order chi connectivity index (χ1) is 9.58. The highest BCUT2D eigenvalue weighted by molar-refractivity contribution is 5.99. The van der Waals surface area contributed by atoms with E-state index in [4.69, 9.17) is 9.84 Å². The van der Waals surface area contributed by atoms with E-state index in [1.165, 1.54) is 6.07 Å². The van der Waals surface area contributed by atoms with Gasteiger partial charge in [-0.3, -0.25) is 10.4 Å². The number of methoxy groups -OCH3 is 1. The molecule has 4 N–H and O–H groups in total. The third kappa shape index (κ3) is 3.25. The van der Waals surface area contributed by atoms with Crippen LogP contribution in [0.3, 0.4) is 0 Å². The van der Waals surface area contributed by atoms with Gasteiger partial charge in [-0.2, -0.15) is 5.10 Å². The van der Waals surface area contributed by atoms with Gasteiger partial charge in [-0.05, 0) is 24.3 Å². The Morgan fingerprint density at radius 3 is 2.50 bits per heavy atom. The lowest BCUT2D eigenvalue weighted by Crippen LogP contribution is -2.19. The van der Waals surface area contributed by atoms with E-state index in [1.807, 2.05) is 0 Å². The lowest BCUT2D eigenvalue weighted by atomic mass is 10.3. The molecule has 8 heteroatoms. The van der Waals surface area contributed by atoms with Gasteiger partial charge in [0.15, 0.2) is 5.82 Å². The van der Waals surface area contributed by atoms with E-state index in [0.717, 1.165) is 0 Å². The van der Waals surface area contributed by atoms with Gasteiger partial charge in [-0.1, -0.05) is 0 Å². The number of anilines is 2. The van der Waals surface area contributed by atoms with E-state index < -0.39 is 12.0 Å². The number of hydrogen-bond donors (Lipinski definition) is 4. The predicted molar refractivity (Wildman–Crippen MR) is 71.2 cm³/mol. The predicted octanol–water partition coefficient (Wildman–Crippen LogP) is 1.76. The lowest BCUT2D eigenvalue weighted by molar-refractivity contribution is 0.0690. The Bertz CT molecular complexity index is 621. The number of carbonyl (C=O) groups is 2. The van der Waals surface area contributed by atoms with Crippen LogP contribution in [0.15, 0.2) is 30.3 Å². The number of amides is 2. The lowest BCUT2D eigenvalue weighted by Gasteiger charge is -2.06. The molecule has 8 nitrogen and oxygen atoms in total. The molecule has 1 aromatic carbocycles. The van der Waals surface area contributed by atoms with Gasteiger partial charge in [0.25, 0.3) is 0 Å². The fraction of sp³-hybridized carbons (Fsp3) is 0.0833. The Hall–Kier alpha value is -3.03. The number of carboxylic acids is 1. The van der Waals surface area contributed by atoms with E-state index in [2.05, 4.69) is 20.8 Å². The van der Waals surface area contributed by atoms with Gasteiger partial charge < -0.3 is 15.2 Å². The van der Waals surface area contributed by atoms with Gasteiger partial charge in [0.05, 0.1) is 7.11 Å². The van der Waals surface area contributed by atoms with Crippen molar-refractivity contribution in [2.24, 2.45) is 0 Å². The van der Waals surface area contributed by atoms with Crippen molar-refractivity contribution in [1.82, 2.24) is 10.2 Å². The number of urea groups is 1. The summed E-state index contributed by atoms with van der Waals surface area (Å²) in [5.41, 5.74) is 0.460. The molecule has 1 heterocycles. The maximum Gasteiger partial charge on any atom is 0.353 e. The fourth-order valence-corrected chi connectivity index (χ4v) is 1.45. The normalized spacial score (nSPS) is 9.85. The Balaban J connectivity index is 1.95. The van der Waals surface area contributed by atoms with Crippen LogP contribution in [-0.4, -0.2) is 34.4 Å². The first-order valence-electron chi connectivity index (χ1n) is 5.59. The number of ether oxygens (including phenoxy) is 1. The Labute approximate surface area is 113 Å². The summed E-state index contributed by atoms with van der Waals surface area (Å²) in [6.07, 6.45) is 0. The SMILES string of the molecule is COc1ccc(NC(=O)Nc2cc(C(=O)O)[nH]n2)cc1. The molecule has 0 aliphatic rings. The van der Waals surface area contributed by atoms with Gasteiger partial charge in [0.2, 0.25) is 0 Å². The molecule has 0 aliphatic carbocycles. The highest BCUT2D eigenvalue weighted by Crippen LogP contribution is 2.15. The highest BCUT2D eigenvalue weighted by atomic mass is 16.5. The van der Waals surface area contributed by atoms with E-state index in [0.29, 0.717) is 11.4 Å². The van der Waals surface area contributed by atoms with Crippen LogP contribution in [0.1, 0.15) is 10.5 Å². The summed E-state index contributed by atoms with van der Waals surface area (Å²) in [6.45, 7) is 0. The molecule has 0 saturated heterocycles. The Morgan fingerprint density at radius 1 is 1.25 bits per heavy atom. The quantitative estimate of drug-likeness (QED) is 0.679. The molecule has 0 saturated carbocycles. The number of nitrogens with zero attached hydrogens (tertiary/aromatic N) is 1. The van der Waals surface area contributed by atoms with Crippen molar-refractivity contribution in [1.29, 1.82) is 0 Å². The summed E-state index contributed by atoms with van der Waals surface area (Å²) in [6, 6.07) is 7.44. The maximum atomic E-state index is 11.7. The third-order valence-electron chi connectivity index (χ3n) is 2.40. The van der Waals surface area contributed by atoms with E-state index in [-0.39, 0.29) is 11.5 Å². The number of hydrogen-bond acceptors (Lipinski definition) is 4. The van der Waals surface area contributed by atoms with Crippen molar-refractivity contribution in [3.05, 3.63) is 36.0 Å². The molecule has 104 valence electrons. The summed E-state index contributed by atoms with van der Waals surface area (Å²) in [5.74, 6) is -0.358. The van der Waals surface area contributed by atoms with Gasteiger partial charge >= 0.3 is 12.0 Å². The van der Waals surface area contributed by atoms with Crippen LogP contribution in [0.25, 0.3) is 0 Å². The van der Waals surface area contributed by atoms with Crippen LogP contribution < -0.4 is 15.4 Å². The average molecular weight is 276 g/mol. The van der Waals surface area contributed by atoms with Crippen LogP contribution in [-0.2, 0) is 0 Å². The van der Waals surface area contributed by atoms with Crippen LogP contribution >= 0.6 is 0 Å². The number of carbonyl (C=O) groups excluding carboxylic acids is 1. The number of aromatic amines is 1. The summed E-state index contributed by atoms with van der Waals surface area (Å²) in [4.78, 5) is 22.3. The third-order valence-corrected chi connectivity index (χ3v) is 2.40. The van der Waals surface area contributed by atoms with Crippen LogP contribution in [0.2, 0.25) is 0 Å². The second-order valence-electron chi connectivity index (χ2n) is 3.78. The number of rotatable bonds is 4. The molecule has 0 atom stereocenters. The standard InChI is InChI=1S/C12H12N4O4/c1-20-8-4-2-7(3-5-8)13-12(19)14-10-6-9(11(17)18)15-16-10/h2-6H,1H3,(H,17,18)(H3,13,14,15,16,19). The van der Waals surface area contributed by atoms with Crippen LogP contribution in [0, 0.1) is 0 Å². The monoisotopic (exact) mass is 276 g/mol. The minimum Gasteiger partial charge on any atom is -0.497 e. The highest BCUT2D eigenvalue weighted by Gasteiger charge is 2.10. The van der Waals surface area contributed by atoms with Crippen LogP contribution in [0.5, 0.6) is 5.75 Å². The minimum atomic E-state index is -1.15. The average Bonchev–Trinajstić information content (AvgIpc) is 2.88. The van der Waals surface area contributed by atoms with Crippen LogP contribution in [0.4, 0.5) is 16.3 Å². The molecule has 0 bridgehead atoms. The molecule has 0 fully saturated rings. The zero-order chi connectivity index (χ0) is 14.5. The smallest absolute Gasteiger partial charge is 0.353 e. The number of benzene rings is 1. The topological polar surface area (TPSA) is 116 Å². The van der Waals surface area contributed by atoms with Gasteiger partial charge in [0.1, 0.15) is 11.4 Å². The molecular weight excluding hydrogens is 264 g/mol. The van der Waals surface area contributed by atoms with E-state index in [1.54, 1.807) is 31.4 Å². The minimum absolute atomic E-state index is 0.107. The molecule has 0 unspecified atom stereocenters. The van der Waals surface area contributed by atoms with Crippen molar-refractivity contribution in [3.8, 4) is 5.75 Å². The van der Waals surface area contributed by atoms with E-state index >= 15 is 0 Å². The molecule has 20 heavy (non-hydrogen) atoms. The Morgan fingerprint density at radius 2 is 1.95 bits per heavy atom. The molecule has 2 aromatic rings. The summed E-state index contributed by atoms with van der Waals surface area (Å²) in [7, 11) is 1.55. The van der Waals surface area contributed by atoms with Gasteiger partial charge in [0, 0.05) is 11.8 Å². The summed E-state index contributed by atoms with van der Waals surface area (Å²) < 4.78 is 5.00.